The van der Waals surface area contributed by atoms with Gasteiger partial charge in [-0.15, -0.1) is 0 Å². The Bertz CT molecular complexity index is 636. The summed E-state index contributed by atoms with van der Waals surface area (Å²) in [5.41, 5.74) is 0.00426. The van der Waals surface area contributed by atoms with E-state index in [0.717, 1.165) is 5.56 Å². The van der Waals surface area contributed by atoms with Gasteiger partial charge in [-0.1, -0.05) is 26.0 Å². The normalized spacial score (nSPS) is 14.2. The van der Waals surface area contributed by atoms with Crippen LogP contribution in [0.3, 0.4) is 0 Å². The fraction of sp³-hybridized carbons (Fsp3) is 0.500. The summed E-state index contributed by atoms with van der Waals surface area (Å²) in [4.78, 5) is 23.8. The highest BCUT2D eigenvalue weighted by atomic mass is 16.6. The van der Waals surface area contributed by atoms with E-state index in [4.69, 9.17) is 14.7 Å². The largest absolute Gasteiger partial charge is 0.479 e. The first-order valence-corrected chi connectivity index (χ1v) is 7.80. The topological polar surface area (TPSA) is 88.4 Å². The molecule has 1 aromatic rings. The number of amides is 1. The van der Waals surface area contributed by atoms with Gasteiger partial charge in [-0.05, 0) is 44.4 Å². The van der Waals surface area contributed by atoms with Crippen molar-refractivity contribution in [1.82, 2.24) is 5.32 Å². The number of aryl methyl sites for hydroxylation is 1. The molecule has 6 heteroatoms. The standard InChI is InChI=1S/C18H24N2O4/c1-12(2)18(5,11-19)20-16(21)10-23-17(22)14(4)24-15-8-6-7-13(3)9-15/h6-9,12,14H,10H2,1-5H3,(H,20,21)/t14-,18+/m1/s1. The van der Waals surface area contributed by atoms with E-state index in [1.807, 2.05) is 32.9 Å². The molecule has 1 rings (SSSR count). The number of ether oxygens (including phenoxy) is 2. The van der Waals surface area contributed by atoms with E-state index in [1.165, 1.54) is 0 Å². The molecule has 130 valence electrons. The van der Waals surface area contributed by atoms with Gasteiger partial charge in [0, 0.05) is 0 Å². The van der Waals surface area contributed by atoms with Crippen LogP contribution in [-0.4, -0.2) is 30.1 Å². The summed E-state index contributed by atoms with van der Waals surface area (Å²) in [6, 6.07) is 9.35. The van der Waals surface area contributed by atoms with Crippen LogP contribution < -0.4 is 10.1 Å². The molecule has 0 heterocycles. The zero-order valence-corrected chi connectivity index (χ0v) is 14.8. The summed E-state index contributed by atoms with van der Waals surface area (Å²) < 4.78 is 10.4. The molecule has 2 atom stereocenters. The lowest BCUT2D eigenvalue weighted by molar-refractivity contribution is -0.155. The highest BCUT2D eigenvalue weighted by molar-refractivity contribution is 5.82. The highest BCUT2D eigenvalue weighted by Crippen LogP contribution is 2.16. The van der Waals surface area contributed by atoms with Crippen molar-refractivity contribution >= 4 is 11.9 Å². The lowest BCUT2D eigenvalue weighted by atomic mass is 9.90. The van der Waals surface area contributed by atoms with Gasteiger partial charge < -0.3 is 14.8 Å². The predicted octanol–water partition coefficient (Wildman–Crippen LogP) is 2.36. The Kier molecular flexibility index (Phi) is 6.78. The number of hydrogen-bond acceptors (Lipinski definition) is 5. The molecule has 0 aromatic heterocycles. The second-order valence-corrected chi connectivity index (χ2v) is 6.20. The molecule has 0 saturated heterocycles. The molecule has 0 radical (unpaired) electrons. The van der Waals surface area contributed by atoms with Gasteiger partial charge in [0.15, 0.2) is 12.7 Å². The molecular weight excluding hydrogens is 308 g/mol. The van der Waals surface area contributed by atoms with Crippen molar-refractivity contribution in [2.45, 2.75) is 46.3 Å². The number of nitrogens with one attached hydrogen (secondary N) is 1. The minimum absolute atomic E-state index is 0.0780. The summed E-state index contributed by atoms with van der Waals surface area (Å²) in [6.07, 6.45) is -0.841. The first-order chi connectivity index (χ1) is 11.2. The Morgan fingerprint density at radius 2 is 2.00 bits per heavy atom. The van der Waals surface area contributed by atoms with Gasteiger partial charge in [0.05, 0.1) is 6.07 Å². The van der Waals surface area contributed by atoms with Crippen LogP contribution in [-0.2, 0) is 14.3 Å². The van der Waals surface area contributed by atoms with Crippen molar-refractivity contribution in [2.24, 2.45) is 5.92 Å². The minimum Gasteiger partial charge on any atom is -0.479 e. The van der Waals surface area contributed by atoms with Crippen LogP contribution in [0, 0.1) is 24.2 Å². The van der Waals surface area contributed by atoms with E-state index in [1.54, 1.807) is 26.0 Å². The predicted molar refractivity (Wildman–Crippen MR) is 89.2 cm³/mol. The van der Waals surface area contributed by atoms with Crippen molar-refractivity contribution in [3.63, 3.8) is 0 Å². The maximum absolute atomic E-state index is 11.9. The molecule has 0 aliphatic heterocycles. The average molecular weight is 332 g/mol. The van der Waals surface area contributed by atoms with E-state index >= 15 is 0 Å². The SMILES string of the molecule is Cc1cccc(O[C@H](C)C(=O)OCC(=O)N[C@@](C)(C#N)C(C)C)c1. The maximum atomic E-state index is 11.9. The fourth-order valence-electron chi connectivity index (χ4n) is 1.82. The van der Waals surface area contributed by atoms with Gasteiger partial charge in [-0.25, -0.2) is 4.79 Å². The molecule has 0 spiro atoms. The fourth-order valence-corrected chi connectivity index (χ4v) is 1.82. The van der Waals surface area contributed by atoms with Crippen molar-refractivity contribution < 1.29 is 19.1 Å². The molecule has 1 N–H and O–H groups in total. The Morgan fingerprint density at radius 3 is 2.54 bits per heavy atom. The molecule has 0 bridgehead atoms. The van der Waals surface area contributed by atoms with E-state index in [0.29, 0.717) is 5.75 Å². The second-order valence-electron chi connectivity index (χ2n) is 6.20. The molecule has 1 aromatic carbocycles. The van der Waals surface area contributed by atoms with Crippen molar-refractivity contribution in [3.05, 3.63) is 29.8 Å². The number of benzene rings is 1. The van der Waals surface area contributed by atoms with Crippen LogP contribution >= 0.6 is 0 Å². The number of nitriles is 1. The molecule has 24 heavy (non-hydrogen) atoms. The lowest BCUT2D eigenvalue weighted by Crippen LogP contribution is -2.50. The quantitative estimate of drug-likeness (QED) is 0.774. The Balaban J connectivity index is 2.50. The third-order valence-corrected chi connectivity index (χ3v) is 3.77. The smallest absolute Gasteiger partial charge is 0.347 e. The number of carbonyl (C=O) groups is 2. The average Bonchev–Trinajstić information content (AvgIpc) is 2.52. The number of rotatable bonds is 7. The summed E-state index contributed by atoms with van der Waals surface area (Å²) in [6.45, 7) is 8.29. The van der Waals surface area contributed by atoms with Crippen molar-refractivity contribution in [2.75, 3.05) is 6.61 Å². The molecule has 1 amide bonds. The third-order valence-electron chi connectivity index (χ3n) is 3.77. The second kappa shape index (κ2) is 8.34. The molecule has 0 unspecified atom stereocenters. The highest BCUT2D eigenvalue weighted by Gasteiger charge is 2.30. The molecule has 0 saturated carbocycles. The Hall–Kier alpha value is -2.55. The Morgan fingerprint density at radius 1 is 1.33 bits per heavy atom. The van der Waals surface area contributed by atoms with Gasteiger partial charge in [0.1, 0.15) is 11.3 Å². The van der Waals surface area contributed by atoms with Gasteiger partial charge >= 0.3 is 5.97 Å². The van der Waals surface area contributed by atoms with Crippen LogP contribution in [0.4, 0.5) is 0 Å². The molecule has 6 nitrogen and oxygen atoms in total. The molecule has 0 aliphatic rings. The van der Waals surface area contributed by atoms with E-state index in [9.17, 15) is 9.59 Å². The summed E-state index contributed by atoms with van der Waals surface area (Å²) in [5.74, 6) is -0.690. The van der Waals surface area contributed by atoms with Crippen LogP contribution in [0.15, 0.2) is 24.3 Å². The van der Waals surface area contributed by atoms with Crippen LogP contribution in [0.5, 0.6) is 5.75 Å². The minimum atomic E-state index is -1.01. The lowest BCUT2D eigenvalue weighted by Gasteiger charge is -2.27. The van der Waals surface area contributed by atoms with E-state index in [2.05, 4.69) is 11.4 Å². The number of hydrogen-bond donors (Lipinski definition) is 1. The van der Waals surface area contributed by atoms with Gasteiger partial charge in [-0.2, -0.15) is 5.26 Å². The first kappa shape index (κ1) is 19.5. The third kappa shape index (κ3) is 5.58. The van der Waals surface area contributed by atoms with Crippen LogP contribution in [0.25, 0.3) is 0 Å². The summed E-state index contributed by atoms with van der Waals surface area (Å²) >= 11 is 0. The van der Waals surface area contributed by atoms with Crippen molar-refractivity contribution in [3.8, 4) is 11.8 Å². The van der Waals surface area contributed by atoms with Crippen LogP contribution in [0.1, 0.15) is 33.3 Å². The Labute approximate surface area is 142 Å². The zero-order chi connectivity index (χ0) is 18.3. The zero-order valence-electron chi connectivity index (χ0n) is 14.8. The number of esters is 1. The van der Waals surface area contributed by atoms with Crippen LogP contribution in [0.2, 0.25) is 0 Å². The molecule has 0 fully saturated rings. The maximum Gasteiger partial charge on any atom is 0.347 e. The molecular formula is C18H24N2O4. The van der Waals surface area contributed by atoms with E-state index < -0.39 is 30.1 Å². The number of carbonyl (C=O) groups excluding carboxylic acids is 2. The molecule has 0 aliphatic carbocycles. The number of nitrogens with zero attached hydrogens (tertiary/aromatic N) is 1. The van der Waals surface area contributed by atoms with Gasteiger partial charge in [-0.3, -0.25) is 4.79 Å². The van der Waals surface area contributed by atoms with Gasteiger partial charge in [0.25, 0.3) is 5.91 Å². The summed E-state index contributed by atoms with van der Waals surface area (Å²) in [5, 5.41) is 11.7. The monoisotopic (exact) mass is 332 g/mol. The summed E-state index contributed by atoms with van der Waals surface area (Å²) in [7, 11) is 0. The van der Waals surface area contributed by atoms with E-state index in [-0.39, 0.29) is 5.92 Å². The first-order valence-electron chi connectivity index (χ1n) is 7.80. The van der Waals surface area contributed by atoms with Gasteiger partial charge in [0.2, 0.25) is 0 Å². The van der Waals surface area contributed by atoms with Crippen molar-refractivity contribution in [1.29, 1.82) is 5.26 Å².